The first-order valence-corrected chi connectivity index (χ1v) is 5.60. The van der Waals surface area contributed by atoms with Crippen LogP contribution >= 0.6 is 0 Å². The lowest BCUT2D eigenvalue weighted by atomic mass is 9.85. The Kier molecular flexibility index (Phi) is 4.46. The molecule has 6 nitrogen and oxygen atoms in total. The average Bonchev–Trinajstić information content (AvgIpc) is 2.30. The molecule has 0 aromatic carbocycles. The van der Waals surface area contributed by atoms with E-state index in [-0.39, 0.29) is 19.0 Å². The number of piperidine rings is 1. The molecule has 2 N–H and O–H groups in total. The molecule has 1 aliphatic rings. The molecule has 1 saturated heterocycles. The predicted octanol–water partition coefficient (Wildman–Crippen LogP) is 0.396. The average molecular weight is 240 g/mol. The van der Waals surface area contributed by atoms with E-state index in [1.807, 2.05) is 6.92 Å². The lowest BCUT2D eigenvalue weighted by Gasteiger charge is -2.36. The van der Waals surface area contributed by atoms with Crippen molar-refractivity contribution in [2.45, 2.75) is 25.8 Å². The highest BCUT2D eigenvalue weighted by molar-refractivity contribution is 5.80. The van der Waals surface area contributed by atoms with Crippen LogP contribution in [0, 0.1) is 23.2 Å². The Bertz CT molecular complexity index is 350. The Morgan fingerprint density at radius 2 is 2.00 bits per heavy atom. The van der Waals surface area contributed by atoms with Gasteiger partial charge in [0.05, 0.1) is 23.9 Å². The van der Waals surface area contributed by atoms with E-state index in [2.05, 4.69) is 6.07 Å². The van der Waals surface area contributed by atoms with Gasteiger partial charge in [-0.2, -0.15) is 5.26 Å². The van der Waals surface area contributed by atoms with Gasteiger partial charge in [-0.25, -0.2) is 0 Å². The zero-order chi connectivity index (χ0) is 13.0. The molecule has 1 fully saturated rings. The number of nitriles is 1. The Morgan fingerprint density at radius 1 is 1.41 bits per heavy atom. The van der Waals surface area contributed by atoms with E-state index in [4.69, 9.17) is 15.5 Å². The SMILES string of the molecule is CCC(C#N)N1CCC(C(=O)O)C(C(=O)O)C1. The van der Waals surface area contributed by atoms with Gasteiger partial charge in [0, 0.05) is 13.1 Å². The molecule has 1 heterocycles. The van der Waals surface area contributed by atoms with Crippen LogP contribution in [0.5, 0.6) is 0 Å². The predicted molar refractivity (Wildman–Crippen MR) is 58.1 cm³/mol. The summed E-state index contributed by atoms with van der Waals surface area (Å²) in [6.07, 6.45) is 0.894. The lowest BCUT2D eigenvalue weighted by Crippen LogP contribution is -2.49. The zero-order valence-electron chi connectivity index (χ0n) is 9.67. The van der Waals surface area contributed by atoms with Crippen molar-refractivity contribution in [2.75, 3.05) is 13.1 Å². The molecule has 0 amide bonds. The summed E-state index contributed by atoms with van der Waals surface area (Å²) in [5.41, 5.74) is 0. The molecule has 0 spiro atoms. The van der Waals surface area contributed by atoms with E-state index in [1.165, 1.54) is 0 Å². The van der Waals surface area contributed by atoms with Gasteiger partial charge >= 0.3 is 11.9 Å². The smallest absolute Gasteiger partial charge is 0.308 e. The van der Waals surface area contributed by atoms with Gasteiger partial charge in [0.2, 0.25) is 0 Å². The van der Waals surface area contributed by atoms with Crippen molar-refractivity contribution in [3.05, 3.63) is 0 Å². The summed E-state index contributed by atoms with van der Waals surface area (Å²) in [5, 5.41) is 26.9. The van der Waals surface area contributed by atoms with E-state index in [0.717, 1.165) is 0 Å². The Morgan fingerprint density at radius 3 is 2.41 bits per heavy atom. The fourth-order valence-electron chi connectivity index (χ4n) is 2.24. The van der Waals surface area contributed by atoms with Crippen LogP contribution in [0.25, 0.3) is 0 Å². The minimum absolute atomic E-state index is 0.137. The van der Waals surface area contributed by atoms with Crippen LogP contribution in [0.3, 0.4) is 0 Å². The molecule has 3 atom stereocenters. The van der Waals surface area contributed by atoms with Crippen LogP contribution in [0.1, 0.15) is 19.8 Å². The molecule has 6 heteroatoms. The highest BCUT2D eigenvalue weighted by atomic mass is 16.4. The zero-order valence-corrected chi connectivity index (χ0v) is 9.67. The summed E-state index contributed by atoms with van der Waals surface area (Å²) in [4.78, 5) is 23.7. The Hall–Kier alpha value is -1.61. The van der Waals surface area contributed by atoms with Crippen molar-refractivity contribution < 1.29 is 19.8 Å². The topological polar surface area (TPSA) is 102 Å². The van der Waals surface area contributed by atoms with E-state index in [9.17, 15) is 9.59 Å². The summed E-state index contributed by atoms with van der Waals surface area (Å²) in [5.74, 6) is -3.94. The molecule has 17 heavy (non-hydrogen) atoms. The van der Waals surface area contributed by atoms with Gasteiger partial charge in [-0.05, 0) is 12.8 Å². The van der Waals surface area contributed by atoms with Crippen LogP contribution in [0.15, 0.2) is 0 Å². The second kappa shape index (κ2) is 5.64. The second-order valence-electron chi connectivity index (χ2n) is 4.23. The summed E-state index contributed by atoms with van der Waals surface area (Å²) in [6.45, 7) is 2.46. The minimum Gasteiger partial charge on any atom is -0.481 e. The molecule has 0 radical (unpaired) electrons. The fourth-order valence-corrected chi connectivity index (χ4v) is 2.24. The van der Waals surface area contributed by atoms with Crippen molar-refractivity contribution in [1.29, 1.82) is 5.26 Å². The third kappa shape index (κ3) is 2.94. The first-order chi connectivity index (χ1) is 8.01. The molecular weight excluding hydrogens is 224 g/mol. The number of carboxylic acid groups (broad SMARTS) is 2. The molecule has 1 rings (SSSR count). The van der Waals surface area contributed by atoms with Crippen LogP contribution in [0.2, 0.25) is 0 Å². The summed E-state index contributed by atoms with van der Waals surface area (Å²) < 4.78 is 0. The normalized spacial score (nSPS) is 27.1. The van der Waals surface area contributed by atoms with Gasteiger partial charge < -0.3 is 10.2 Å². The number of aliphatic carboxylic acids is 2. The lowest BCUT2D eigenvalue weighted by molar-refractivity contribution is -0.157. The molecule has 0 aromatic heterocycles. The van der Waals surface area contributed by atoms with Crippen LogP contribution in [-0.4, -0.2) is 46.2 Å². The third-order valence-corrected chi connectivity index (χ3v) is 3.26. The fraction of sp³-hybridized carbons (Fsp3) is 0.727. The minimum atomic E-state index is -1.10. The van der Waals surface area contributed by atoms with Gasteiger partial charge in [-0.15, -0.1) is 0 Å². The summed E-state index contributed by atoms with van der Waals surface area (Å²) in [7, 11) is 0. The second-order valence-corrected chi connectivity index (χ2v) is 4.23. The number of likely N-dealkylation sites (tertiary alicyclic amines) is 1. The van der Waals surface area contributed by atoms with Gasteiger partial charge in [0.15, 0.2) is 0 Å². The van der Waals surface area contributed by atoms with Crippen LogP contribution in [0.4, 0.5) is 0 Å². The maximum Gasteiger partial charge on any atom is 0.308 e. The molecule has 0 aromatic rings. The van der Waals surface area contributed by atoms with E-state index >= 15 is 0 Å². The summed E-state index contributed by atoms with van der Waals surface area (Å²) >= 11 is 0. The van der Waals surface area contributed by atoms with Crippen molar-refractivity contribution >= 4 is 11.9 Å². The van der Waals surface area contributed by atoms with Crippen LogP contribution in [-0.2, 0) is 9.59 Å². The van der Waals surface area contributed by atoms with Crippen molar-refractivity contribution in [2.24, 2.45) is 11.8 Å². The third-order valence-electron chi connectivity index (χ3n) is 3.26. The Balaban J connectivity index is 2.79. The number of hydrogen-bond acceptors (Lipinski definition) is 4. The highest BCUT2D eigenvalue weighted by Crippen LogP contribution is 2.26. The van der Waals surface area contributed by atoms with Gasteiger partial charge in [0.1, 0.15) is 0 Å². The van der Waals surface area contributed by atoms with Gasteiger partial charge in [-0.3, -0.25) is 14.5 Å². The molecule has 0 aliphatic carbocycles. The maximum absolute atomic E-state index is 11.0. The molecule has 1 aliphatic heterocycles. The van der Waals surface area contributed by atoms with E-state index < -0.39 is 23.8 Å². The van der Waals surface area contributed by atoms with Crippen molar-refractivity contribution in [3.63, 3.8) is 0 Å². The quantitative estimate of drug-likeness (QED) is 0.737. The number of rotatable bonds is 4. The number of nitrogens with zero attached hydrogens (tertiary/aromatic N) is 2. The first kappa shape index (κ1) is 13.5. The largest absolute Gasteiger partial charge is 0.481 e. The van der Waals surface area contributed by atoms with Crippen molar-refractivity contribution in [3.8, 4) is 6.07 Å². The van der Waals surface area contributed by atoms with Gasteiger partial charge in [-0.1, -0.05) is 6.92 Å². The molecule has 3 unspecified atom stereocenters. The van der Waals surface area contributed by atoms with E-state index in [0.29, 0.717) is 13.0 Å². The van der Waals surface area contributed by atoms with Gasteiger partial charge in [0.25, 0.3) is 0 Å². The standard InChI is InChI=1S/C11H16N2O4/c1-2-7(5-12)13-4-3-8(10(14)15)9(6-13)11(16)17/h7-9H,2-4,6H2,1H3,(H,14,15)(H,16,17). The van der Waals surface area contributed by atoms with Crippen molar-refractivity contribution in [1.82, 2.24) is 4.90 Å². The molecule has 0 saturated carbocycles. The molecular formula is C11H16N2O4. The summed E-state index contributed by atoms with van der Waals surface area (Å²) in [6, 6.07) is 1.78. The number of carbonyl (C=O) groups is 2. The number of hydrogen-bond donors (Lipinski definition) is 2. The monoisotopic (exact) mass is 240 g/mol. The highest BCUT2D eigenvalue weighted by Gasteiger charge is 2.40. The Labute approximate surface area is 99.4 Å². The number of carboxylic acids is 2. The molecule has 0 bridgehead atoms. The van der Waals surface area contributed by atoms with E-state index in [1.54, 1.807) is 4.90 Å². The van der Waals surface area contributed by atoms with Crippen LogP contribution < -0.4 is 0 Å². The first-order valence-electron chi connectivity index (χ1n) is 5.60. The maximum atomic E-state index is 11.0. The molecule has 94 valence electrons.